The molecule has 4 rings (SSSR count). The Morgan fingerprint density at radius 2 is 1.65 bits per heavy atom. The second-order valence-electron chi connectivity index (χ2n) is 8.64. The predicted molar refractivity (Wildman–Crippen MR) is 116 cm³/mol. The molecule has 0 spiro atoms. The Morgan fingerprint density at radius 1 is 0.962 bits per heavy atom. The Bertz CT molecular complexity index is 508. The standard InChI is InChI=1S/C20H34N4O.HI/c1-21-20(23-18-13-17(18)14-5-3-2-4-6-14)22-16-9-11-24(12-10-16)19(25)15-7-8-15;/h14-18H,2-13H2,1H3,(H2,21,22,23);1H. The highest BCUT2D eigenvalue weighted by Gasteiger charge is 2.43. The second-order valence-corrected chi connectivity index (χ2v) is 8.64. The first-order valence-electron chi connectivity index (χ1n) is 10.5. The molecule has 1 amide bonds. The Morgan fingerprint density at radius 3 is 2.27 bits per heavy atom. The molecule has 4 aliphatic rings. The molecule has 3 saturated carbocycles. The van der Waals surface area contributed by atoms with E-state index in [0.717, 1.165) is 56.6 Å². The zero-order chi connectivity index (χ0) is 17.2. The van der Waals surface area contributed by atoms with Crippen LogP contribution < -0.4 is 10.6 Å². The number of rotatable bonds is 4. The maximum atomic E-state index is 12.2. The topological polar surface area (TPSA) is 56.7 Å². The molecule has 5 nitrogen and oxygen atoms in total. The van der Waals surface area contributed by atoms with Crippen molar-refractivity contribution in [1.82, 2.24) is 15.5 Å². The van der Waals surface area contributed by atoms with Gasteiger partial charge >= 0.3 is 0 Å². The van der Waals surface area contributed by atoms with Crippen LogP contribution in [0.2, 0.25) is 0 Å². The van der Waals surface area contributed by atoms with E-state index in [2.05, 4.69) is 20.5 Å². The summed E-state index contributed by atoms with van der Waals surface area (Å²) in [5, 5.41) is 7.26. The number of nitrogens with zero attached hydrogens (tertiary/aromatic N) is 2. The maximum Gasteiger partial charge on any atom is 0.225 e. The van der Waals surface area contributed by atoms with E-state index in [-0.39, 0.29) is 24.0 Å². The van der Waals surface area contributed by atoms with Gasteiger partial charge in [-0.25, -0.2) is 0 Å². The Hall–Kier alpha value is -0.530. The molecule has 0 aromatic rings. The largest absolute Gasteiger partial charge is 0.354 e. The smallest absolute Gasteiger partial charge is 0.225 e. The quantitative estimate of drug-likeness (QED) is 0.374. The van der Waals surface area contributed by atoms with E-state index in [1.807, 2.05) is 7.05 Å². The summed E-state index contributed by atoms with van der Waals surface area (Å²) in [5.74, 6) is 3.54. The van der Waals surface area contributed by atoms with Gasteiger partial charge < -0.3 is 15.5 Å². The molecule has 6 heteroatoms. The van der Waals surface area contributed by atoms with Crippen molar-refractivity contribution in [2.75, 3.05) is 20.1 Å². The lowest BCUT2D eigenvalue weighted by molar-refractivity contribution is -0.133. The number of likely N-dealkylation sites (tertiary alicyclic amines) is 1. The fourth-order valence-electron chi connectivity index (χ4n) is 4.84. The van der Waals surface area contributed by atoms with Crippen LogP contribution >= 0.6 is 24.0 Å². The van der Waals surface area contributed by atoms with Crippen LogP contribution in [0.15, 0.2) is 4.99 Å². The van der Waals surface area contributed by atoms with Crippen LogP contribution in [0.3, 0.4) is 0 Å². The van der Waals surface area contributed by atoms with Gasteiger partial charge in [-0.15, -0.1) is 24.0 Å². The molecule has 4 fully saturated rings. The third kappa shape index (κ3) is 5.04. The van der Waals surface area contributed by atoms with Gasteiger partial charge in [0, 0.05) is 38.1 Å². The summed E-state index contributed by atoms with van der Waals surface area (Å²) in [6.07, 6.45) is 12.8. The molecule has 1 saturated heterocycles. The normalized spacial score (nSPS) is 30.5. The number of amides is 1. The number of hydrogen-bond acceptors (Lipinski definition) is 2. The Labute approximate surface area is 175 Å². The van der Waals surface area contributed by atoms with Gasteiger partial charge in [-0.05, 0) is 43.9 Å². The SMILES string of the molecule is CN=C(NC1CCN(C(=O)C2CC2)CC1)NC1CC1C1CCCCC1.I. The van der Waals surface area contributed by atoms with Crippen molar-refractivity contribution in [2.45, 2.75) is 76.3 Å². The van der Waals surface area contributed by atoms with Crippen LogP contribution in [0.1, 0.15) is 64.2 Å². The van der Waals surface area contributed by atoms with Gasteiger partial charge in [0.05, 0.1) is 0 Å². The Kier molecular flexibility index (Phi) is 7.08. The summed E-state index contributed by atoms with van der Waals surface area (Å²) in [6, 6.07) is 1.08. The van der Waals surface area contributed by atoms with Crippen LogP contribution in [-0.4, -0.2) is 49.0 Å². The van der Waals surface area contributed by atoms with Gasteiger partial charge in [0.1, 0.15) is 0 Å². The summed E-state index contributed by atoms with van der Waals surface area (Å²) >= 11 is 0. The molecule has 0 aromatic carbocycles. The highest BCUT2D eigenvalue weighted by molar-refractivity contribution is 14.0. The number of guanidine groups is 1. The number of hydrogen-bond donors (Lipinski definition) is 2. The second kappa shape index (κ2) is 9.11. The minimum Gasteiger partial charge on any atom is -0.354 e. The highest BCUT2D eigenvalue weighted by atomic mass is 127. The predicted octanol–water partition coefficient (Wildman–Crippen LogP) is 3.14. The van der Waals surface area contributed by atoms with Gasteiger partial charge in [-0.3, -0.25) is 9.79 Å². The molecular formula is C20H35IN4O. The summed E-state index contributed by atoms with van der Waals surface area (Å²) in [5.41, 5.74) is 0. The molecule has 2 atom stereocenters. The molecule has 26 heavy (non-hydrogen) atoms. The van der Waals surface area contributed by atoms with Crippen molar-refractivity contribution < 1.29 is 4.79 Å². The first-order valence-corrected chi connectivity index (χ1v) is 10.5. The first-order chi connectivity index (χ1) is 12.2. The van der Waals surface area contributed by atoms with E-state index in [9.17, 15) is 4.79 Å². The van der Waals surface area contributed by atoms with Crippen LogP contribution in [0.25, 0.3) is 0 Å². The van der Waals surface area contributed by atoms with E-state index in [1.165, 1.54) is 38.5 Å². The van der Waals surface area contributed by atoms with Gasteiger partial charge in [0.2, 0.25) is 5.91 Å². The van der Waals surface area contributed by atoms with E-state index >= 15 is 0 Å². The molecule has 148 valence electrons. The summed E-state index contributed by atoms with van der Waals surface area (Å²) in [7, 11) is 1.87. The van der Waals surface area contributed by atoms with Gasteiger partial charge in [-0.2, -0.15) is 0 Å². The monoisotopic (exact) mass is 474 g/mol. The number of carbonyl (C=O) groups excluding carboxylic acids is 1. The number of carbonyl (C=O) groups is 1. The van der Waals surface area contributed by atoms with Crippen molar-refractivity contribution in [1.29, 1.82) is 0 Å². The summed E-state index contributed by atoms with van der Waals surface area (Å²) in [6.45, 7) is 1.80. The minimum absolute atomic E-state index is 0. The van der Waals surface area contributed by atoms with Crippen LogP contribution in [-0.2, 0) is 4.79 Å². The number of nitrogens with one attached hydrogen (secondary N) is 2. The van der Waals surface area contributed by atoms with Gasteiger partial charge in [-0.1, -0.05) is 32.1 Å². The van der Waals surface area contributed by atoms with Crippen LogP contribution in [0, 0.1) is 17.8 Å². The molecular weight excluding hydrogens is 439 g/mol. The zero-order valence-electron chi connectivity index (χ0n) is 16.1. The van der Waals surface area contributed by atoms with Crippen LogP contribution in [0.5, 0.6) is 0 Å². The summed E-state index contributed by atoms with van der Waals surface area (Å²) < 4.78 is 0. The van der Waals surface area contributed by atoms with Crippen LogP contribution in [0.4, 0.5) is 0 Å². The fourth-order valence-corrected chi connectivity index (χ4v) is 4.84. The molecule has 2 N–H and O–H groups in total. The van der Waals surface area contributed by atoms with Gasteiger partial charge in [0.15, 0.2) is 5.96 Å². The van der Waals surface area contributed by atoms with Crippen molar-refractivity contribution in [3.05, 3.63) is 0 Å². The first kappa shape index (κ1) is 20.2. The van der Waals surface area contributed by atoms with E-state index in [1.54, 1.807) is 0 Å². The average Bonchev–Trinajstić information content (AvgIpc) is 3.56. The van der Waals surface area contributed by atoms with E-state index < -0.39 is 0 Å². The Balaban J connectivity index is 0.00000196. The number of aliphatic imine (C=N–C) groups is 1. The van der Waals surface area contributed by atoms with Crippen molar-refractivity contribution in [3.63, 3.8) is 0 Å². The third-order valence-electron chi connectivity index (χ3n) is 6.71. The number of piperidine rings is 1. The van der Waals surface area contributed by atoms with Crippen molar-refractivity contribution >= 4 is 35.8 Å². The third-order valence-corrected chi connectivity index (χ3v) is 6.71. The zero-order valence-corrected chi connectivity index (χ0v) is 18.4. The van der Waals surface area contributed by atoms with E-state index in [0.29, 0.717) is 23.9 Å². The lowest BCUT2D eigenvalue weighted by Crippen LogP contribution is -2.50. The molecule has 3 aliphatic carbocycles. The van der Waals surface area contributed by atoms with E-state index in [4.69, 9.17) is 0 Å². The van der Waals surface area contributed by atoms with Crippen molar-refractivity contribution in [2.24, 2.45) is 22.7 Å². The molecule has 1 heterocycles. The molecule has 2 unspecified atom stereocenters. The lowest BCUT2D eigenvalue weighted by Gasteiger charge is -2.33. The molecule has 0 radical (unpaired) electrons. The molecule has 1 aliphatic heterocycles. The lowest BCUT2D eigenvalue weighted by atomic mass is 9.85. The fraction of sp³-hybridized carbons (Fsp3) is 0.900. The maximum absolute atomic E-state index is 12.2. The number of halogens is 1. The van der Waals surface area contributed by atoms with Crippen molar-refractivity contribution in [3.8, 4) is 0 Å². The minimum atomic E-state index is 0. The molecule has 0 bridgehead atoms. The average molecular weight is 474 g/mol. The highest BCUT2D eigenvalue weighted by Crippen LogP contribution is 2.44. The molecule has 0 aromatic heterocycles. The summed E-state index contributed by atoms with van der Waals surface area (Å²) in [4.78, 5) is 18.7. The van der Waals surface area contributed by atoms with Gasteiger partial charge in [0.25, 0.3) is 0 Å².